The van der Waals surface area contributed by atoms with Gasteiger partial charge in [0.15, 0.2) is 0 Å². The first-order valence-electron chi connectivity index (χ1n) is 11.6. The van der Waals surface area contributed by atoms with Crippen LogP contribution in [0, 0.1) is 0 Å². The first kappa shape index (κ1) is 17.9. The zero-order chi connectivity index (χ0) is 22.2. The lowest BCUT2D eigenvalue weighted by Gasteiger charge is -2.11. The molecule has 0 amide bonds. The van der Waals surface area contributed by atoms with Crippen molar-refractivity contribution in [1.29, 1.82) is 0 Å². The van der Waals surface area contributed by atoms with Crippen LogP contribution in [0.4, 0.5) is 11.4 Å². The maximum Gasteiger partial charge on any atom is 0.0869 e. The third-order valence-electron chi connectivity index (χ3n) is 7.18. The number of nitrogens with zero attached hydrogens (tertiary/aromatic N) is 2. The zero-order valence-electron chi connectivity index (χ0n) is 18.3. The number of azo groups is 1. The quantitative estimate of drug-likeness (QED) is 0.192. The first-order chi connectivity index (χ1) is 16.8. The number of hydrogen-bond acceptors (Lipinski definition) is 2. The second-order valence-corrected chi connectivity index (χ2v) is 9.15. The van der Waals surface area contributed by atoms with Crippen molar-refractivity contribution in [3.05, 3.63) is 109 Å². The summed E-state index contributed by atoms with van der Waals surface area (Å²) in [5, 5.41) is 24.5. The normalized spacial score (nSPS) is 12.6. The van der Waals surface area contributed by atoms with E-state index in [-0.39, 0.29) is 0 Å². The predicted octanol–water partition coefficient (Wildman–Crippen LogP) is 9.90. The van der Waals surface area contributed by atoms with Crippen LogP contribution in [0.2, 0.25) is 0 Å². The van der Waals surface area contributed by atoms with Crippen LogP contribution in [-0.2, 0) is 0 Å². The highest BCUT2D eigenvalue weighted by molar-refractivity contribution is 6.24. The Morgan fingerprint density at radius 3 is 0.882 bits per heavy atom. The van der Waals surface area contributed by atoms with Crippen LogP contribution in [0.1, 0.15) is 0 Å². The molecule has 2 nitrogen and oxygen atoms in total. The van der Waals surface area contributed by atoms with Gasteiger partial charge in [0.05, 0.1) is 11.4 Å². The van der Waals surface area contributed by atoms with Gasteiger partial charge in [-0.3, -0.25) is 0 Å². The minimum atomic E-state index is 0.871. The summed E-state index contributed by atoms with van der Waals surface area (Å²) >= 11 is 0. The van der Waals surface area contributed by atoms with Gasteiger partial charge in [-0.2, -0.15) is 10.2 Å². The molecule has 0 aliphatic rings. The second kappa shape index (κ2) is 6.49. The summed E-state index contributed by atoms with van der Waals surface area (Å²) in [6.45, 7) is 0. The minimum absolute atomic E-state index is 0.871. The van der Waals surface area contributed by atoms with Crippen molar-refractivity contribution in [3.63, 3.8) is 0 Å². The van der Waals surface area contributed by atoms with Gasteiger partial charge in [-0.1, -0.05) is 84.9 Å². The molecular formula is C32H18N2. The molecule has 0 aromatic heterocycles. The Hall–Kier alpha value is -4.56. The van der Waals surface area contributed by atoms with Gasteiger partial charge in [-0.15, -0.1) is 0 Å². The van der Waals surface area contributed by atoms with Crippen LogP contribution in [0.5, 0.6) is 0 Å². The van der Waals surface area contributed by atoms with E-state index >= 15 is 0 Å². The molecule has 0 aliphatic carbocycles. The highest BCUT2D eigenvalue weighted by Crippen LogP contribution is 2.39. The molecule has 8 aromatic rings. The molecular weight excluding hydrogens is 412 g/mol. The van der Waals surface area contributed by atoms with Crippen molar-refractivity contribution >= 4 is 76.0 Å². The van der Waals surface area contributed by atoms with E-state index in [2.05, 4.69) is 119 Å². The van der Waals surface area contributed by atoms with Crippen LogP contribution in [0.25, 0.3) is 64.6 Å². The van der Waals surface area contributed by atoms with Crippen LogP contribution >= 0.6 is 0 Å². The Balaban J connectivity index is 1.29. The highest BCUT2D eigenvalue weighted by Gasteiger charge is 2.10. The molecule has 0 N–H and O–H groups in total. The number of hydrogen-bond donors (Lipinski definition) is 0. The van der Waals surface area contributed by atoms with Crippen molar-refractivity contribution in [2.24, 2.45) is 10.2 Å². The van der Waals surface area contributed by atoms with E-state index in [4.69, 9.17) is 0 Å². The fourth-order valence-corrected chi connectivity index (χ4v) is 5.71. The third-order valence-corrected chi connectivity index (χ3v) is 7.18. The minimum Gasteiger partial charge on any atom is -0.151 e. The van der Waals surface area contributed by atoms with Crippen molar-refractivity contribution in [1.82, 2.24) is 0 Å². The Morgan fingerprint density at radius 2 is 0.559 bits per heavy atom. The average Bonchev–Trinajstić information content (AvgIpc) is 2.89. The van der Waals surface area contributed by atoms with E-state index in [9.17, 15) is 0 Å². The molecule has 0 bridgehead atoms. The van der Waals surface area contributed by atoms with Crippen LogP contribution in [-0.4, -0.2) is 0 Å². The molecule has 156 valence electrons. The zero-order valence-corrected chi connectivity index (χ0v) is 18.3. The van der Waals surface area contributed by atoms with E-state index in [0.717, 1.165) is 11.4 Å². The second-order valence-electron chi connectivity index (χ2n) is 9.15. The van der Waals surface area contributed by atoms with Gasteiger partial charge in [0, 0.05) is 0 Å². The Morgan fingerprint density at radius 1 is 0.294 bits per heavy atom. The molecule has 34 heavy (non-hydrogen) atoms. The van der Waals surface area contributed by atoms with Crippen molar-refractivity contribution < 1.29 is 0 Å². The molecule has 0 heterocycles. The van der Waals surface area contributed by atoms with E-state index < -0.39 is 0 Å². The molecule has 0 aliphatic heterocycles. The van der Waals surface area contributed by atoms with Crippen molar-refractivity contribution in [2.75, 3.05) is 0 Å². The van der Waals surface area contributed by atoms with E-state index in [0.29, 0.717) is 0 Å². The fourth-order valence-electron chi connectivity index (χ4n) is 5.71. The summed E-state index contributed by atoms with van der Waals surface area (Å²) in [6.07, 6.45) is 0. The highest BCUT2D eigenvalue weighted by atomic mass is 15.1. The molecule has 0 saturated heterocycles. The molecule has 0 atom stereocenters. The summed E-state index contributed by atoms with van der Waals surface area (Å²) < 4.78 is 0. The van der Waals surface area contributed by atoms with E-state index in [1.807, 2.05) is 0 Å². The summed E-state index contributed by atoms with van der Waals surface area (Å²) in [5.41, 5.74) is 1.74. The monoisotopic (exact) mass is 430 g/mol. The van der Waals surface area contributed by atoms with Crippen molar-refractivity contribution in [2.45, 2.75) is 0 Å². The van der Waals surface area contributed by atoms with Gasteiger partial charge in [0.1, 0.15) is 0 Å². The lowest BCUT2D eigenvalue weighted by molar-refractivity contribution is 1.24. The summed E-state index contributed by atoms with van der Waals surface area (Å²) in [4.78, 5) is 0. The molecule has 0 radical (unpaired) electrons. The molecule has 0 saturated carbocycles. The first-order valence-corrected chi connectivity index (χ1v) is 11.6. The maximum atomic E-state index is 4.66. The summed E-state index contributed by atoms with van der Waals surface area (Å²) in [5.74, 6) is 0. The lowest BCUT2D eigenvalue weighted by atomic mass is 9.94. The fraction of sp³-hybridized carbons (Fsp3) is 0. The lowest BCUT2D eigenvalue weighted by Crippen LogP contribution is -1.83. The van der Waals surface area contributed by atoms with Crippen molar-refractivity contribution in [3.8, 4) is 0 Å². The topological polar surface area (TPSA) is 24.7 Å². The predicted molar refractivity (Wildman–Crippen MR) is 144 cm³/mol. The Bertz CT molecular complexity index is 1790. The maximum absolute atomic E-state index is 4.66. The largest absolute Gasteiger partial charge is 0.151 e. The smallest absolute Gasteiger partial charge is 0.0869 e. The van der Waals surface area contributed by atoms with Crippen LogP contribution in [0.15, 0.2) is 119 Å². The van der Waals surface area contributed by atoms with Gasteiger partial charge in [-0.25, -0.2) is 0 Å². The van der Waals surface area contributed by atoms with Gasteiger partial charge in [0.2, 0.25) is 0 Å². The van der Waals surface area contributed by atoms with Gasteiger partial charge >= 0.3 is 0 Å². The average molecular weight is 431 g/mol. The summed E-state index contributed by atoms with van der Waals surface area (Å²) in [7, 11) is 0. The van der Waals surface area contributed by atoms with Crippen LogP contribution in [0.3, 0.4) is 0 Å². The van der Waals surface area contributed by atoms with E-state index in [1.54, 1.807) is 0 Å². The van der Waals surface area contributed by atoms with Gasteiger partial charge in [0.25, 0.3) is 0 Å². The number of rotatable bonds is 2. The molecule has 8 rings (SSSR count). The van der Waals surface area contributed by atoms with Gasteiger partial charge in [-0.05, 0) is 88.9 Å². The summed E-state index contributed by atoms with van der Waals surface area (Å²) in [6, 6.07) is 39.1. The molecule has 2 heteroatoms. The Labute approximate surface area is 195 Å². The Kier molecular flexibility index (Phi) is 3.42. The number of benzene rings is 8. The third kappa shape index (κ3) is 2.45. The SMILES string of the molecule is c1cc2ccc3cc(N=Nc4cc5ccc6cccc7ccc(c4)c5c67)cc4ccc(c1)c2c34. The molecule has 8 aromatic carbocycles. The molecule has 0 unspecified atom stereocenters. The standard InChI is InChI=1S/C32H18N2/c1-3-19-7-11-23-15-27(16-24-12-8-20(4-1)29(19)31(23)24)33-34-28-17-25-13-9-21-5-2-6-22-10-14-26(18-28)32(25)30(21)22/h1-18H. The molecule has 0 fully saturated rings. The molecule has 0 spiro atoms. The van der Waals surface area contributed by atoms with Gasteiger partial charge < -0.3 is 0 Å². The van der Waals surface area contributed by atoms with E-state index in [1.165, 1.54) is 64.6 Å². The van der Waals surface area contributed by atoms with Crippen LogP contribution < -0.4 is 0 Å².